The van der Waals surface area contributed by atoms with E-state index in [9.17, 15) is 14.4 Å². The van der Waals surface area contributed by atoms with Gasteiger partial charge in [-0.15, -0.1) is 11.6 Å². The van der Waals surface area contributed by atoms with Crippen molar-refractivity contribution in [3.63, 3.8) is 0 Å². The van der Waals surface area contributed by atoms with Gasteiger partial charge in [-0.1, -0.05) is 76.1 Å². The van der Waals surface area contributed by atoms with Crippen LogP contribution in [-0.2, 0) is 53.3 Å². The number of benzene rings is 3. The smallest absolute Gasteiger partial charge is 0.407 e. The molecule has 3 aromatic carbocycles. The molecule has 0 spiro atoms. The molecule has 5 rings (SSSR count). The highest BCUT2D eigenvalue weighted by Gasteiger charge is 2.23. The Morgan fingerprint density at radius 1 is 0.781 bits per heavy atom. The fourth-order valence-corrected chi connectivity index (χ4v) is 7.18. The van der Waals surface area contributed by atoms with E-state index in [1.807, 2.05) is 71.4 Å². The molecule has 0 saturated carbocycles. The molecule has 1 aromatic heterocycles. The molecule has 0 bridgehead atoms. The summed E-state index contributed by atoms with van der Waals surface area (Å²) in [5.41, 5.74) is 3.96. The highest BCUT2D eigenvalue weighted by Crippen LogP contribution is 2.30. The van der Waals surface area contributed by atoms with E-state index >= 15 is 0 Å². The van der Waals surface area contributed by atoms with Gasteiger partial charge in [-0.25, -0.2) is 14.3 Å². The number of alkyl carbamates (subject to hydrolysis) is 2. The van der Waals surface area contributed by atoms with Crippen molar-refractivity contribution in [3.05, 3.63) is 101 Å². The van der Waals surface area contributed by atoms with Crippen molar-refractivity contribution in [2.24, 2.45) is 0 Å². The number of ketones is 1. The van der Waals surface area contributed by atoms with Gasteiger partial charge in [-0.05, 0) is 65.8 Å². The third-order valence-electron chi connectivity index (χ3n) is 10.5. The number of hydrogen-bond acceptors (Lipinski definition) is 11. The molecule has 2 amide bonds. The first-order valence-electron chi connectivity index (χ1n) is 22.4. The third-order valence-corrected chi connectivity index (χ3v) is 10.8. The number of amides is 2. The molecule has 0 atom stereocenters. The van der Waals surface area contributed by atoms with Crippen molar-refractivity contribution in [2.75, 3.05) is 91.5 Å². The molecule has 2 N–H and O–H groups in total. The number of alkyl halides is 1. The van der Waals surface area contributed by atoms with E-state index in [2.05, 4.69) is 36.3 Å². The summed E-state index contributed by atoms with van der Waals surface area (Å²) in [7, 11) is 0. The first-order valence-corrected chi connectivity index (χ1v) is 23.0. The molecule has 1 aliphatic rings. The van der Waals surface area contributed by atoms with Gasteiger partial charge >= 0.3 is 12.2 Å². The zero-order valence-corrected chi connectivity index (χ0v) is 38.5. The van der Waals surface area contributed by atoms with Crippen LogP contribution >= 0.6 is 11.6 Å². The average molecular weight is 905 g/mol. The lowest BCUT2D eigenvalue weighted by molar-refractivity contribution is -0.117. The van der Waals surface area contributed by atoms with Crippen molar-refractivity contribution in [1.29, 1.82) is 0 Å². The minimum atomic E-state index is -0.595. The number of carbonyl (C=O) groups is 3. The predicted octanol–water partition coefficient (Wildman–Crippen LogP) is 7.73. The molecule has 0 unspecified atom stereocenters. The van der Waals surface area contributed by atoms with E-state index in [0.717, 1.165) is 103 Å². The Balaban J connectivity index is 1.04. The molecule has 1 fully saturated rings. The molecular weight excluding hydrogens is 838 g/mol. The molecule has 14 nitrogen and oxygen atoms in total. The van der Waals surface area contributed by atoms with Gasteiger partial charge in [0, 0.05) is 68.9 Å². The van der Waals surface area contributed by atoms with Crippen molar-refractivity contribution < 1.29 is 42.8 Å². The fourth-order valence-electron chi connectivity index (χ4n) is 6.99. The molecule has 348 valence electrons. The summed E-state index contributed by atoms with van der Waals surface area (Å²) in [5.74, 6) is 1.58. The van der Waals surface area contributed by atoms with Crippen molar-refractivity contribution in [2.45, 2.75) is 71.3 Å². The summed E-state index contributed by atoms with van der Waals surface area (Å²) in [6.45, 7) is 13.6. The minimum absolute atomic E-state index is 0.00348. The van der Waals surface area contributed by atoms with Crippen LogP contribution in [0.3, 0.4) is 0 Å². The minimum Gasteiger partial charge on any atom is -0.492 e. The standard InChI is InChI=1S/C49H66ClN5O9/c1-49(2,3)46-36-41(35-42(56)34-39-17-18-45(44-16-7-6-15-43(39)44)62-30-23-54-21-28-61-29-22-54)55(53-46)40-14-12-13-38(33-40)37-52-48(58)64-26-11-10-25-63-47(57)51-20-27-60-32-31-59-24-9-5-4-8-19-50/h6-7,10-18,33,36H,4-5,8-9,19-32,34-35,37H2,1-3H3,(H,51,57)(H,52,58)/b11-10-. The van der Waals surface area contributed by atoms with Crippen molar-refractivity contribution in [3.8, 4) is 11.4 Å². The summed E-state index contributed by atoms with van der Waals surface area (Å²) >= 11 is 5.68. The SMILES string of the molecule is CC(C)(C)c1cc(CC(=O)Cc2ccc(OCCN3CCOCC3)c3ccccc23)n(-c2cccc(CNC(=O)OC/C=C\COC(=O)NCCOCCOCCCCCCCl)c2)n1. The third kappa shape index (κ3) is 17.5. The van der Waals surface area contributed by atoms with Crippen molar-refractivity contribution >= 4 is 40.3 Å². The fraction of sp³-hybridized carbons (Fsp3) is 0.510. The highest BCUT2D eigenvalue weighted by molar-refractivity contribution is 6.17. The number of aromatic nitrogens is 2. The Labute approximate surface area is 382 Å². The van der Waals surface area contributed by atoms with Gasteiger partial charge in [-0.3, -0.25) is 9.69 Å². The number of nitrogens with zero attached hydrogens (tertiary/aromatic N) is 3. The molecular formula is C49H66ClN5O9. The van der Waals surface area contributed by atoms with Crippen LogP contribution in [0.4, 0.5) is 9.59 Å². The van der Waals surface area contributed by atoms with E-state index in [1.54, 1.807) is 12.2 Å². The van der Waals surface area contributed by atoms with Crippen LogP contribution in [-0.4, -0.2) is 124 Å². The first-order chi connectivity index (χ1) is 31.1. The second-order valence-electron chi connectivity index (χ2n) is 16.6. The Morgan fingerprint density at radius 2 is 1.50 bits per heavy atom. The topological polar surface area (TPSA) is 152 Å². The summed E-state index contributed by atoms with van der Waals surface area (Å²) in [6, 6.07) is 21.7. The quantitative estimate of drug-likeness (QED) is 0.0344. The lowest BCUT2D eigenvalue weighted by Gasteiger charge is -2.26. The molecule has 64 heavy (non-hydrogen) atoms. The van der Waals surface area contributed by atoms with Gasteiger partial charge in [0.2, 0.25) is 0 Å². The van der Waals surface area contributed by atoms with Gasteiger partial charge in [0.05, 0.1) is 50.1 Å². The Kier molecular flexibility index (Phi) is 21.4. The van der Waals surface area contributed by atoms with Crippen molar-refractivity contribution in [1.82, 2.24) is 25.3 Å². The van der Waals surface area contributed by atoms with Crippen LogP contribution in [0.1, 0.15) is 69.0 Å². The van der Waals surface area contributed by atoms with Gasteiger partial charge in [0.15, 0.2) is 0 Å². The van der Waals surface area contributed by atoms with Crippen LogP contribution in [0.15, 0.2) is 78.9 Å². The molecule has 1 saturated heterocycles. The van der Waals surface area contributed by atoms with Crippen LogP contribution in [0.5, 0.6) is 5.75 Å². The number of ether oxygens (including phenoxy) is 6. The lowest BCUT2D eigenvalue weighted by atomic mass is 9.92. The number of unbranched alkanes of at least 4 members (excludes halogenated alkanes) is 3. The first kappa shape index (κ1) is 50.0. The number of halogens is 1. The van der Waals surface area contributed by atoms with Crippen LogP contribution < -0.4 is 15.4 Å². The summed E-state index contributed by atoms with van der Waals surface area (Å²) in [6.07, 6.45) is 6.77. The molecule has 2 heterocycles. The largest absolute Gasteiger partial charge is 0.492 e. The average Bonchev–Trinajstić information content (AvgIpc) is 3.73. The maximum atomic E-state index is 13.8. The number of nitrogens with one attached hydrogen (secondary N) is 2. The predicted molar refractivity (Wildman–Crippen MR) is 249 cm³/mol. The molecule has 15 heteroatoms. The Morgan fingerprint density at radius 3 is 2.25 bits per heavy atom. The van der Waals surface area contributed by atoms with Crippen LogP contribution in [0, 0.1) is 0 Å². The number of rotatable bonds is 27. The van der Waals surface area contributed by atoms with Gasteiger partial charge in [0.25, 0.3) is 0 Å². The van der Waals surface area contributed by atoms with Gasteiger partial charge < -0.3 is 39.1 Å². The normalized spacial score (nSPS) is 13.3. The molecule has 0 aliphatic carbocycles. The highest BCUT2D eigenvalue weighted by atomic mass is 35.5. The Bertz CT molecular complexity index is 2080. The van der Waals surface area contributed by atoms with E-state index in [1.165, 1.54) is 0 Å². The van der Waals surface area contributed by atoms with Crippen LogP contribution in [0.25, 0.3) is 16.5 Å². The molecule has 0 radical (unpaired) electrons. The number of Topliss-reactive ketones (excluding diaryl/α,β-unsaturated/α-hetero) is 1. The van der Waals surface area contributed by atoms with Crippen LogP contribution in [0.2, 0.25) is 0 Å². The zero-order chi connectivity index (χ0) is 45.4. The maximum Gasteiger partial charge on any atom is 0.407 e. The van der Waals surface area contributed by atoms with E-state index in [0.29, 0.717) is 45.5 Å². The number of carbonyl (C=O) groups excluding carboxylic acids is 3. The Hall–Kier alpha value is -4.99. The van der Waals surface area contributed by atoms with E-state index < -0.39 is 12.2 Å². The summed E-state index contributed by atoms with van der Waals surface area (Å²) in [5, 5.41) is 12.4. The monoisotopic (exact) mass is 903 g/mol. The summed E-state index contributed by atoms with van der Waals surface area (Å²) in [4.78, 5) is 40.6. The zero-order valence-electron chi connectivity index (χ0n) is 37.7. The maximum absolute atomic E-state index is 13.8. The van der Waals surface area contributed by atoms with Gasteiger partial charge in [0.1, 0.15) is 31.4 Å². The lowest BCUT2D eigenvalue weighted by Crippen LogP contribution is -2.38. The van der Waals surface area contributed by atoms with Gasteiger partial charge in [-0.2, -0.15) is 5.10 Å². The molecule has 1 aliphatic heterocycles. The van der Waals surface area contributed by atoms with E-state index in [4.69, 9.17) is 45.1 Å². The number of fused-ring (bicyclic) bond motifs is 1. The number of morpholine rings is 1. The second-order valence-corrected chi connectivity index (χ2v) is 17.0. The van der Waals surface area contributed by atoms with E-state index in [-0.39, 0.29) is 43.8 Å². The molecule has 4 aromatic rings. The number of hydrogen-bond donors (Lipinski definition) is 2. The summed E-state index contributed by atoms with van der Waals surface area (Å²) < 4.78 is 34.9. The second kappa shape index (κ2) is 27.4.